The van der Waals surface area contributed by atoms with Crippen LogP contribution in [0.25, 0.3) is 0 Å². The maximum absolute atomic E-state index is 11.3. The van der Waals surface area contributed by atoms with E-state index in [1.165, 1.54) is 0 Å². The van der Waals surface area contributed by atoms with Crippen LogP contribution in [0.1, 0.15) is 12.0 Å². The van der Waals surface area contributed by atoms with E-state index < -0.39 is 5.91 Å². The van der Waals surface area contributed by atoms with Gasteiger partial charge in [-0.15, -0.1) is 0 Å². The number of carbonyl (C=O) groups is 2. The summed E-state index contributed by atoms with van der Waals surface area (Å²) >= 11 is 0. The number of benzene rings is 1. The fourth-order valence-corrected chi connectivity index (χ4v) is 1.60. The van der Waals surface area contributed by atoms with E-state index in [9.17, 15) is 9.59 Å². The molecule has 0 unspecified atom stereocenters. The number of carbonyl (C=O) groups excluding carboxylic acids is 2. The molecule has 0 saturated heterocycles. The van der Waals surface area contributed by atoms with Gasteiger partial charge in [0.2, 0.25) is 5.91 Å². The molecular formula is C11H10N4O2. The van der Waals surface area contributed by atoms with E-state index in [1.54, 1.807) is 18.2 Å². The Morgan fingerprint density at radius 1 is 1.53 bits per heavy atom. The predicted molar refractivity (Wildman–Crippen MR) is 61.2 cm³/mol. The molecule has 0 atom stereocenters. The van der Waals surface area contributed by atoms with E-state index >= 15 is 0 Å². The number of amides is 3. The molecule has 1 aliphatic rings. The monoisotopic (exact) mass is 230 g/mol. The molecule has 1 aromatic carbocycles. The zero-order valence-electron chi connectivity index (χ0n) is 8.91. The van der Waals surface area contributed by atoms with Gasteiger partial charge in [0.1, 0.15) is 6.42 Å². The van der Waals surface area contributed by atoms with Gasteiger partial charge in [-0.05, 0) is 11.6 Å². The van der Waals surface area contributed by atoms with Crippen molar-refractivity contribution in [1.82, 2.24) is 5.32 Å². The van der Waals surface area contributed by atoms with Gasteiger partial charge in [-0.3, -0.25) is 4.79 Å². The second-order valence-electron chi connectivity index (χ2n) is 3.53. The Morgan fingerprint density at radius 2 is 2.35 bits per heavy atom. The number of nitrogens with zero attached hydrogens (tertiary/aromatic N) is 1. The highest BCUT2D eigenvalue weighted by atomic mass is 16.2. The average Bonchev–Trinajstić information content (AvgIpc) is 2.30. The fraction of sp³-hybridized carbons (Fsp3) is 0.182. The van der Waals surface area contributed by atoms with E-state index in [1.807, 2.05) is 6.07 Å². The highest BCUT2D eigenvalue weighted by Crippen LogP contribution is 2.28. The van der Waals surface area contributed by atoms with Crippen LogP contribution in [0.4, 0.5) is 16.2 Å². The summed E-state index contributed by atoms with van der Waals surface area (Å²) < 4.78 is 0. The van der Waals surface area contributed by atoms with Crippen molar-refractivity contribution < 1.29 is 9.59 Å². The summed E-state index contributed by atoms with van der Waals surface area (Å²) in [4.78, 5) is 22.5. The Labute approximate surface area is 97.6 Å². The van der Waals surface area contributed by atoms with Crippen LogP contribution in [0.3, 0.4) is 0 Å². The van der Waals surface area contributed by atoms with Crippen LogP contribution in [0.5, 0.6) is 0 Å². The highest BCUT2D eigenvalue weighted by molar-refractivity contribution is 6.01. The number of urea groups is 1. The SMILES string of the molecule is N#CCC(=O)Nc1cccc2c1NC(=O)NC2. The van der Waals surface area contributed by atoms with Gasteiger partial charge >= 0.3 is 6.03 Å². The molecule has 0 saturated carbocycles. The van der Waals surface area contributed by atoms with Crippen molar-refractivity contribution in [3.63, 3.8) is 0 Å². The number of rotatable bonds is 2. The van der Waals surface area contributed by atoms with Crippen molar-refractivity contribution in [3.8, 4) is 6.07 Å². The van der Waals surface area contributed by atoms with Crippen molar-refractivity contribution in [2.24, 2.45) is 0 Å². The molecule has 0 spiro atoms. The highest BCUT2D eigenvalue weighted by Gasteiger charge is 2.17. The van der Waals surface area contributed by atoms with E-state index in [0.29, 0.717) is 17.9 Å². The molecule has 2 rings (SSSR count). The Bertz CT molecular complexity index is 519. The van der Waals surface area contributed by atoms with Crippen molar-refractivity contribution in [2.75, 3.05) is 10.6 Å². The minimum absolute atomic E-state index is 0.212. The summed E-state index contributed by atoms with van der Waals surface area (Å²) in [6.07, 6.45) is -0.212. The van der Waals surface area contributed by atoms with Gasteiger partial charge in [0, 0.05) is 6.54 Å². The van der Waals surface area contributed by atoms with Crippen LogP contribution in [-0.4, -0.2) is 11.9 Å². The Hall–Kier alpha value is -2.55. The molecule has 1 aliphatic heterocycles. The Morgan fingerprint density at radius 3 is 3.12 bits per heavy atom. The second-order valence-corrected chi connectivity index (χ2v) is 3.53. The molecule has 3 N–H and O–H groups in total. The topological polar surface area (TPSA) is 94.0 Å². The zero-order chi connectivity index (χ0) is 12.3. The van der Waals surface area contributed by atoms with Crippen LogP contribution in [0, 0.1) is 11.3 Å². The maximum atomic E-state index is 11.3. The lowest BCUT2D eigenvalue weighted by atomic mass is 10.1. The molecule has 0 radical (unpaired) electrons. The number of hydrogen-bond donors (Lipinski definition) is 3. The van der Waals surface area contributed by atoms with Crippen LogP contribution >= 0.6 is 0 Å². The van der Waals surface area contributed by atoms with Crippen molar-refractivity contribution in [3.05, 3.63) is 23.8 Å². The number of nitriles is 1. The first-order valence-electron chi connectivity index (χ1n) is 5.04. The Kier molecular flexibility index (Phi) is 2.92. The molecule has 0 aliphatic carbocycles. The standard InChI is InChI=1S/C11H10N4O2/c12-5-4-9(16)14-8-3-1-2-7-6-13-11(17)15-10(7)8/h1-3H,4,6H2,(H,14,16)(H2,13,15,17). The molecule has 0 fully saturated rings. The molecule has 17 heavy (non-hydrogen) atoms. The first-order chi connectivity index (χ1) is 8.20. The van der Waals surface area contributed by atoms with Gasteiger partial charge in [0.15, 0.2) is 0 Å². The average molecular weight is 230 g/mol. The largest absolute Gasteiger partial charge is 0.334 e. The second kappa shape index (κ2) is 4.53. The van der Waals surface area contributed by atoms with Crippen LogP contribution in [0.2, 0.25) is 0 Å². The summed E-state index contributed by atoms with van der Waals surface area (Å²) in [5.74, 6) is -0.395. The number of anilines is 2. The summed E-state index contributed by atoms with van der Waals surface area (Å²) in [5, 5.41) is 16.2. The molecular weight excluding hydrogens is 220 g/mol. The maximum Gasteiger partial charge on any atom is 0.319 e. The summed E-state index contributed by atoms with van der Waals surface area (Å²) in [5.41, 5.74) is 1.99. The smallest absolute Gasteiger partial charge is 0.319 e. The van der Waals surface area contributed by atoms with Gasteiger partial charge < -0.3 is 16.0 Å². The van der Waals surface area contributed by atoms with Gasteiger partial charge in [0.25, 0.3) is 0 Å². The number of nitrogens with one attached hydrogen (secondary N) is 3. The van der Waals surface area contributed by atoms with E-state index in [0.717, 1.165) is 5.56 Å². The molecule has 6 nitrogen and oxygen atoms in total. The lowest BCUT2D eigenvalue weighted by Gasteiger charge is -2.21. The molecule has 86 valence electrons. The van der Waals surface area contributed by atoms with E-state index in [4.69, 9.17) is 5.26 Å². The minimum atomic E-state index is -0.395. The normalized spacial score (nSPS) is 12.8. The van der Waals surface area contributed by atoms with Crippen molar-refractivity contribution in [1.29, 1.82) is 5.26 Å². The first kappa shape index (κ1) is 11.0. The molecule has 0 bridgehead atoms. The van der Waals surface area contributed by atoms with Crippen molar-refractivity contribution >= 4 is 23.3 Å². The number of para-hydroxylation sites is 1. The quantitative estimate of drug-likeness (QED) is 0.711. The molecule has 6 heteroatoms. The third-order valence-electron chi connectivity index (χ3n) is 2.34. The van der Waals surface area contributed by atoms with Crippen LogP contribution in [0.15, 0.2) is 18.2 Å². The van der Waals surface area contributed by atoms with Gasteiger partial charge in [-0.1, -0.05) is 12.1 Å². The predicted octanol–water partition coefficient (Wildman–Crippen LogP) is 1.17. The van der Waals surface area contributed by atoms with Gasteiger partial charge in [-0.25, -0.2) is 4.79 Å². The third-order valence-corrected chi connectivity index (χ3v) is 2.34. The molecule has 0 aromatic heterocycles. The Balaban J connectivity index is 2.26. The fourth-order valence-electron chi connectivity index (χ4n) is 1.60. The molecule has 1 heterocycles. The summed E-state index contributed by atoms with van der Waals surface area (Å²) in [6.45, 7) is 0.420. The van der Waals surface area contributed by atoms with Crippen molar-refractivity contribution in [2.45, 2.75) is 13.0 Å². The minimum Gasteiger partial charge on any atom is -0.334 e. The van der Waals surface area contributed by atoms with E-state index in [-0.39, 0.29) is 12.5 Å². The van der Waals surface area contributed by atoms with Crippen LogP contribution in [-0.2, 0) is 11.3 Å². The van der Waals surface area contributed by atoms with Gasteiger partial charge in [-0.2, -0.15) is 5.26 Å². The first-order valence-corrected chi connectivity index (χ1v) is 5.04. The van der Waals surface area contributed by atoms with E-state index in [2.05, 4.69) is 16.0 Å². The summed E-state index contributed by atoms with van der Waals surface area (Å²) in [6, 6.07) is 6.77. The molecule has 1 aromatic rings. The third kappa shape index (κ3) is 2.34. The van der Waals surface area contributed by atoms with Crippen LogP contribution < -0.4 is 16.0 Å². The molecule has 3 amide bonds. The summed E-state index contributed by atoms with van der Waals surface area (Å²) in [7, 11) is 0. The lowest BCUT2D eigenvalue weighted by Crippen LogP contribution is -2.34. The number of fused-ring (bicyclic) bond motifs is 1. The number of hydrogen-bond acceptors (Lipinski definition) is 3. The zero-order valence-corrected chi connectivity index (χ0v) is 8.91. The lowest BCUT2D eigenvalue weighted by molar-refractivity contribution is -0.115. The van der Waals surface area contributed by atoms with Gasteiger partial charge in [0.05, 0.1) is 17.4 Å².